The highest BCUT2D eigenvalue weighted by Crippen LogP contribution is 2.41. The Morgan fingerprint density at radius 2 is 1.54 bits per heavy atom. The monoisotopic (exact) mass is 541 g/mol. The van der Waals surface area contributed by atoms with E-state index >= 15 is 0 Å². The van der Waals surface area contributed by atoms with E-state index in [9.17, 15) is 22.8 Å². The number of rotatable bonds is 9. The molecule has 8 heteroatoms. The number of hydrogen-bond donors (Lipinski definition) is 2. The second-order valence-electron chi connectivity index (χ2n) is 10.8. The fraction of sp³-hybridized carbons (Fsp3) is 0.355. The number of carbonyl (C=O) groups is 2. The Morgan fingerprint density at radius 1 is 0.923 bits per heavy atom. The molecule has 1 atom stereocenters. The standard InChI is InChI=1S/C31H34F3NO4/c1-19(2)28(21-6-8-22(9-7-21)29(38)35-17-16-27(36)37)39-24-14-15-25(26(18-24)31(32,33)34)20-10-12-23(13-11-20)30(3,4)5/h6-15,18-19,28H,16-17H2,1-5H3,(H,35,38)(H,36,37). The van der Waals surface area contributed by atoms with E-state index in [0.717, 1.165) is 11.6 Å². The average molecular weight is 542 g/mol. The number of aliphatic carboxylic acids is 1. The minimum Gasteiger partial charge on any atom is -0.485 e. The molecular weight excluding hydrogens is 507 g/mol. The summed E-state index contributed by atoms with van der Waals surface area (Å²) in [6.45, 7) is 9.94. The minimum atomic E-state index is -4.58. The number of nitrogens with one attached hydrogen (secondary N) is 1. The molecule has 0 aliphatic carbocycles. The molecule has 0 aliphatic heterocycles. The second kappa shape index (κ2) is 11.9. The summed E-state index contributed by atoms with van der Waals surface area (Å²) in [6.07, 6.45) is -5.33. The summed E-state index contributed by atoms with van der Waals surface area (Å²) in [5.41, 5.74) is 1.73. The number of amides is 1. The van der Waals surface area contributed by atoms with E-state index in [4.69, 9.17) is 9.84 Å². The van der Waals surface area contributed by atoms with Gasteiger partial charge in [-0.3, -0.25) is 9.59 Å². The van der Waals surface area contributed by atoms with Crippen LogP contribution in [0.25, 0.3) is 11.1 Å². The summed E-state index contributed by atoms with van der Waals surface area (Å²) in [7, 11) is 0. The van der Waals surface area contributed by atoms with Gasteiger partial charge < -0.3 is 15.2 Å². The van der Waals surface area contributed by atoms with E-state index in [-0.39, 0.29) is 35.6 Å². The van der Waals surface area contributed by atoms with Gasteiger partial charge in [0.25, 0.3) is 5.91 Å². The molecule has 0 saturated heterocycles. The summed E-state index contributed by atoms with van der Waals surface area (Å²) >= 11 is 0. The molecule has 0 aromatic heterocycles. The van der Waals surface area contributed by atoms with Crippen LogP contribution in [0.3, 0.4) is 0 Å². The number of carbonyl (C=O) groups excluding carboxylic acids is 1. The third-order valence-electron chi connectivity index (χ3n) is 6.35. The number of carboxylic acids is 1. The van der Waals surface area contributed by atoms with Gasteiger partial charge in [0.05, 0.1) is 12.0 Å². The Labute approximate surface area is 227 Å². The lowest BCUT2D eigenvalue weighted by molar-refractivity contribution is -0.138. The van der Waals surface area contributed by atoms with Crippen molar-refractivity contribution in [3.05, 3.63) is 89.0 Å². The lowest BCUT2D eigenvalue weighted by Gasteiger charge is -2.24. The van der Waals surface area contributed by atoms with Gasteiger partial charge in [-0.05, 0) is 57.9 Å². The minimum absolute atomic E-state index is 0.00587. The predicted molar refractivity (Wildman–Crippen MR) is 145 cm³/mol. The Balaban J connectivity index is 1.86. The van der Waals surface area contributed by atoms with E-state index in [1.807, 2.05) is 46.8 Å². The fourth-order valence-corrected chi connectivity index (χ4v) is 4.18. The quantitative estimate of drug-likeness (QED) is 0.292. The molecule has 3 aromatic rings. The molecular formula is C31H34F3NO4. The fourth-order valence-electron chi connectivity index (χ4n) is 4.18. The van der Waals surface area contributed by atoms with Crippen LogP contribution in [0.2, 0.25) is 0 Å². The highest BCUT2D eigenvalue weighted by atomic mass is 19.4. The van der Waals surface area contributed by atoms with E-state index in [2.05, 4.69) is 5.32 Å². The summed E-state index contributed by atoms with van der Waals surface area (Å²) in [6, 6.07) is 17.7. The molecule has 208 valence electrons. The van der Waals surface area contributed by atoms with Crippen molar-refractivity contribution in [1.29, 1.82) is 0 Å². The van der Waals surface area contributed by atoms with Crippen LogP contribution in [0.1, 0.15) is 74.2 Å². The molecule has 0 heterocycles. The average Bonchev–Trinajstić information content (AvgIpc) is 2.86. The van der Waals surface area contributed by atoms with Gasteiger partial charge in [-0.15, -0.1) is 0 Å². The lowest BCUT2D eigenvalue weighted by atomic mass is 9.86. The molecule has 0 spiro atoms. The van der Waals surface area contributed by atoms with Gasteiger partial charge in [0.1, 0.15) is 11.9 Å². The molecule has 1 amide bonds. The normalized spacial score (nSPS) is 12.7. The van der Waals surface area contributed by atoms with Crippen molar-refractivity contribution in [2.75, 3.05) is 6.54 Å². The number of carboxylic acid groups (broad SMARTS) is 1. The van der Waals surface area contributed by atoms with Gasteiger partial charge >= 0.3 is 12.1 Å². The van der Waals surface area contributed by atoms with Crippen LogP contribution in [0.5, 0.6) is 5.75 Å². The van der Waals surface area contributed by atoms with E-state index in [0.29, 0.717) is 16.7 Å². The van der Waals surface area contributed by atoms with Crippen molar-refractivity contribution in [1.82, 2.24) is 5.32 Å². The predicted octanol–water partition coefficient (Wildman–Crippen LogP) is 7.65. The molecule has 5 nitrogen and oxygen atoms in total. The molecule has 2 N–H and O–H groups in total. The number of hydrogen-bond acceptors (Lipinski definition) is 3. The van der Waals surface area contributed by atoms with Gasteiger partial charge in [-0.25, -0.2) is 0 Å². The molecule has 0 fully saturated rings. The van der Waals surface area contributed by atoms with Crippen LogP contribution >= 0.6 is 0 Å². The van der Waals surface area contributed by atoms with Crippen molar-refractivity contribution in [2.24, 2.45) is 5.92 Å². The van der Waals surface area contributed by atoms with E-state index < -0.39 is 29.7 Å². The maximum absolute atomic E-state index is 14.1. The van der Waals surface area contributed by atoms with Crippen molar-refractivity contribution >= 4 is 11.9 Å². The van der Waals surface area contributed by atoms with Crippen LogP contribution in [0.4, 0.5) is 13.2 Å². The molecule has 0 saturated carbocycles. The van der Waals surface area contributed by atoms with Crippen LogP contribution in [-0.2, 0) is 16.4 Å². The zero-order valence-corrected chi connectivity index (χ0v) is 22.7. The summed E-state index contributed by atoms with van der Waals surface area (Å²) in [5.74, 6) is -1.42. The SMILES string of the molecule is CC(C)C(Oc1ccc(-c2ccc(C(C)(C)C)cc2)c(C(F)(F)F)c1)c1ccc(C(=O)NCCC(=O)O)cc1. The van der Waals surface area contributed by atoms with Crippen LogP contribution in [0.15, 0.2) is 66.7 Å². The van der Waals surface area contributed by atoms with Crippen molar-refractivity contribution in [3.63, 3.8) is 0 Å². The van der Waals surface area contributed by atoms with Gasteiger partial charge in [0.2, 0.25) is 0 Å². The first-order valence-corrected chi connectivity index (χ1v) is 12.8. The molecule has 1 unspecified atom stereocenters. The van der Waals surface area contributed by atoms with E-state index in [1.165, 1.54) is 6.07 Å². The Hall–Kier alpha value is -3.81. The van der Waals surface area contributed by atoms with Gasteiger partial charge in [-0.2, -0.15) is 13.2 Å². The third-order valence-corrected chi connectivity index (χ3v) is 6.35. The van der Waals surface area contributed by atoms with Crippen LogP contribution in [0, 0.1) is 5.92 Å². The highest BCUT2D eigenvalue weighted by molar-refractivity contribution is 5.94. The number of benzene rings is 3. The largest absolute Gasteiger partial charge is 0.485 e. The lowest BCUT2D eigenvalue weighted by Crippen LogP contribution is -2.26. The Morgan fingerprint density at radius 3 is 2.05 bits per heavy atom. The second-order valence-corrected chi connectivity index (χ2v) is 10.8. The van der Waals surface area contributed by atoms with Gasteiger partial charge in [0.15, 0.2) is 0 Å². The van der Waals surface area contributed by atoms with E-state index in [1.54, 1.807) is 42.5 Å². The van der Waals surface area contributed by atoms with Crippen molar-refractivity contribution in [2.45, 2.75) is 58.7 Å². The summed E-state index contributed by atoms with van der Waals surface area (Å²) in [4.78, 5) is 22.9. The zero-order chi connectivity index (χ0) is 29.0. The van der Waals surface area contributed by atoms with Crippen LogP contribution in [-0.4, -0.2) is 23.5 Å². The molecule has 0 aliphatic rings. The maximum Gasteiger partial charge on any atom is 0.417 e. The maximum atomic E-state index is 14.1. The highest BCUT2D eigenvalue weighted by Gasteiger charge is 2.34. The molecule has 39 heavy (non-hydrogen) atoms. The number of ether oxygens (including phenoxy) is 1. The van der Waals surface area contributed by atoms with Crippen molar-refractivity contribution < 1.29 is 32.6 Å². The van der Waals surface area contributed by atoms with Crippen molar-refractivity contribution in [3.8, 4) is 16.9 Å². The smallest absolute Gasteiger partial charge is 0.417 e. The first-order valence-electron chi connectivity index (χ1n) is 12.8. The molecule has 3 aromatic carbocycles. The van der Waals surface area contributed by atoms with Gasteiger partial charge in [-0.1, -0.05) is 77.1 Å². The summed E-state index contributed by atoms with van der Waals surface area (Å²) < 4.78 is 48.5. The first-order chi connectivity index (χ1) is 18.2. The summed E-state index contributed by atoms with van der Waals surface area (Å²) in [5, 5.41) is 11.2. The number of alkyl halides is 3. The van der Waals surface area contributed by atoms with Crippen LogP contribution < -0.4 is 10.1 Å². The molecule has 0 bridgehead atoms. The Bertz CT molecular complexity index is 1290. The molecule has 3 rings (SSSR count). The third kappa shape index (κ3) is 7.85. The number of halogens is 3. The topological polar surface area (TPSA) is 75.6 Å². The first kappa shape index (κ1) is 29.7. The zero-order valence-electron chi connectivity index (χ0n) is 22.7. The molecule has 0 radical (unpaired) electrons. The van der Waals surface area contributed by atoms with Gasteiger partial charge in [0, 0.05) is 12.1 Å². The Kier molecular flexibility index (Phi) is 9.10.